The van der Waals surface area contributed by atoms with Crippen LogP contribution >= 0.6 is 0 Å². The fraction of sp³-hybridized carbons (Fsp3) is 0.250. The predicted molar refractivity (Wildman–Crippen MR) is 77.3 cm³/mol. The quantitative estimate of drug-likeness (QED) is 0.861. The van der Waals surface area contributed by atoms with E-state index in [0.717, 1.165) is 0 Å². The van der Waals surface area contributed by atoms with Crippen molar-refractivity contribution in [2.45, 2.75) is 24.3 Å². The van der Waals surface area contributed by atoms with Crippen LogP contribution < -0.4 is 4.46 Å². The van der Waals surface area contributed by atoms with Gasteiger partial charge in [-0.1, -0.05) is 0 Å². The molecule has 0 fully saturated rings. The van der Waals surface area contributed by atoms with Gasteiger partial charge < -0.3 is 0 Å². The third kappa shape index (κ3) is 3.46. The number of hydrogen-bond acceptors (Lipinski definition) is 1. The summed E-state index contributed by atoms with van der Waals surface area (Å²) in [4.78, 5) is 0.175. The molecule has 1 nitrogen and oxygen atoms in total. The molecule has 0 saturated heterocycles. The zero-order valence-electron chi connectivity index (χ0n) is 10.7. The minimum absolute atomic E-state index is 0.175. The number of rotatable bonds is 4. The minimum atomic E-state index is -0.697. The van der Waals surface area contributed by atoms with E-state index < -0.39 is 5.60 Å². The first-order valence-corrected chi connectivity index (χ1v) is 7.91. The van der Waals surface area contributed by atoms with Crippen molar-refractivity contribution >= 4 is 19.4 Å². The Morgan fingerprint density at radius 1 is 0.889 bits per heavy atom. The Balaban J connectivity index is 2.28. The molecule has 0 aliphatic rings. The zero-order valence-corrected chi connectivity index (χ0v) is 12.4. The van der Waals surface area contributed by atoms with E-state index in [9.17, 15) is 5.11 Å². The van der Waals surface area contributed by atoms with Gasteiger partial charge in [-0.25, -0.2) is 0 Å². The molecule has 2 rings (SSSR count). The Kier molecular flexibility index (Phi) is 4.23. The van der Waals surface area contributed by atoms with Gasteiger partial charge >= 0.3 is 115 Å². The second kappa shape index (κ2) is 5.71. The molecule has 0 radical (unpaired) electrons. The van der Waals surface area contributed by atoms with Gasteiger partial charge in [0.1, 0.15) is 0 Å². The van der Waals surface area contributed by atoms with Gasteiger partial charge in [-0.15, -0.1) is 0 Å². The van der Waals surface area contributed by atoms with Gasteiger partial charge in [0.05, 0.1) is 0 Å². The summed E-state index contributed by atoms with van der Waals surface area (Å²) in [5, 5.41) is 10.4. The van der Waals surface area contributed by atoms with Crippen LogP contribution in [0.15, 0.2) is 60.7 Å². The number of hydrogen-bond donors (Lipinski definition) is 1. The van der Waals surface area contributed by atoms with Crippen LogP contribution in [0.4, 0.5) is 0 Å². The Morgan fingerprint density at radius 2 is 1.39 bits per heavy atom. The standard InChI is InChI=1S/C16H18OSe/c1-16(2,17)15(13-9-5-3-6-10-13)18-14-11-7-4-8-12-14/h3-12,15,17H,1-2H3/t15-/m0/s1. The molecular formula is C16H18OSe. The van der Waals surface area contributed by atoms with Gasteiger partial charge in [0.25, 0.3) is 0 Å². The Morgan fingerprint density at radius 3 is 1.89 bits per heavy atom. The third-order valence-electron chi connectivity index (χ3n) is 2.74. The van der Waals surface area contributed by atoms with Gasteiger partial charge in [-0.2, -0.15) is 0 Å². The summed E-state index contributed by atoms with van der Waals surface area (Å²) in [5.74, 6) is 0. The normalized spacial score (nSPS) is 13.3. The first kappa shape index (κ1) is 13.4. The van der Waals surface area contributed by atoms with Crippen molar-refractivity contribution in [3.63, 3.8) is 0 Å². The molecule has 1 N–H and O–H groups in total. The van der Waals surface area contributed by atoms with Gasteiger partial charge in [0.15, 0.2) is 0 Å². The Hall–Kier alpha value is -1.08. The van der Waals surface area contributed by atoms with Gasteiger partial charge in [0, 0.05) is 0 Å². The summed E-state index contributed by atoms with van der Waals surface area (Å²) in [7, 11) is 0. The van der Waals surface area contributed by atoms with E-state index in [1.807, 2.05) is 38.1 Å². The Labute approximate surface area is 115 Å². The molecule has 0 aromatic heterocycles. The summed E-state index contributed by atoms with van der Waals surface area (Å²) in [5.41, 5.74) is 0.519. The summed E-state index contributed by atoms with van der Waals surface area (Å²) in [6.45, 7) is 3.80. The van der Waals surface area contributed by atoms with Crippen LogP contribution in [0.2, 0.25) is 0 Å². The average Bonchev–Trinajstić information content (AvgIpc) is 2.37. The second-order valence-electron chi connectivity index (χ2n) is 4.88. The average molecular weight is 305 g/mol. The zero-order chi connectivity index (χ0) is 13.0. The van der Waals surface area contributed by atoms with Crippen molar-refractivity contribution in [3.05, 3.63) is 66.2 Å². The van der Waals surface area contributed by atoms with Crippen molar-refractivity contribution in [1.29, 1.82) is 0 Å². The maximum atomic E-state index is 10.4. The summed E-state index contributed by atoms with van der Waals surface area (Å²) < 4.78 is 1.32. The van der Waals surface area contributed by atoms with Crippen molar-refractivity contribution in [2.24, 2.45) is 0 Å². The van der Waals surface area contributed by atoms with Gasteiger partial charge in [-0.05, 0) is 0 Å². The molecular weight excluding hydrogens is 287 g/mol. The van der Waals surface area contributed by atoms with E-state index in [-0.39, 0.29) is 19.8 Å². The van der Waals surface area contributed by atoms with Crippen molar-refractivity contribution in [2.75, 3.05) is 0 Å². The molecule has 1 atom stereocenters. The maximum absolute atomic E-state index is 10.4. The molecule has 2 aromatic rings. The summed E-state index contributed by atoms with van der Waals surface area (Å²) in [6.07, 6.45) is 0. The number of benzene rings is 2. The van der Waals surface area contributed by atoms with Crippen LogP contribution in [-0.2, 0) is 0 Å². The van der Waals surface area contributed by atoms with E-state index in [2.05, 4.69) is 36.4 Å². The van der Waals surface area contributed by atoms with Gasteiger partial charge in [-0.3, -0.25) is 0 Å². The summed E-state index contributed by atoms with van der Waals surface area (Å²) >= 11 is 0.223. The fourth-order valence-electron chi connectivity index (χ4n) is 1.88. The van der Waals surface area contributed by atoms with Crippen molar-refractivity contribution in [3.8, 4) is 0 Å². The van der Waals surface area contributed by atoms with E-state index in [1.165, 1.54) is 10.0 Å². The second-order valence-corrected chi connectivity index (χ2v) is 7.35. The first-order chi connectivity index (χ1) is 8.57. The molecule has 94 valence electrons. The fourth-order valence-corrected chi connectivity index (χ4v) is 4.33. The molecule has 18 heavy (non-hydrogen) atoms. The topological polar surface area (TPSA) is 20.2 Å². The molecule has 0 saturated carbocycles. The molecule has 0 bridgehead atoms. The molecule has 2 heteroatoms. The van der Waals surface area contributed by atoms with E-state index in [0.29, 0.717) is 0 Å². The SMILES string of the molecule is CC(C)(O)[C@@H]([Se]c1ccccc1)c1ccccc1. The Bertz CT molecular complexity index is 473. The molecule has 0 heterocycles. The number of aliphatic hydroxyl groups is 1. The van der Waals surface area contributed by atoms with Crippen LogP contribution in [0.5, 0.6) is 0 Å². The van der Waals surface area contributed by atoms with Crippen LogP contribution in [0.3, 0.4) is 0 Å². The van der Waals surface area contributed by atoms with E-state index >= 15 is 0 Å². The van der Waals surface area contributed by atoms with Crippen LogP contribution in [0.25, 0.3) is 0 Å². The van der Waals surface area contributed by atoms with Crippen molar-refractivity contribution in [1.82, 2.24) is 0 Å². The monoisotopic (exact) mass is 306 g/mol. The third-order valence-corrected chi connectivity index (χ3v) is 6.16. The van der Waals surface area contributed by atoms with Crippen molar-refractivity contribution < 1.29 is 5.11 Å². The molecule has 0 unspecified atom stereocenters. The molecule has 0 aliphatic carbocycles. The molecule has 0 spiro atoms. The van der Waals surface area contributed by atoms with Crippen LogP contribution in [-0.4, -0.2) is 25.7 Å². The van der Waals surface area contributed by atoms with E-state index in [4.69, 9.17) is 0 Å². The molecule has 0 amide bonds. The predicted octanol–water partition coefficient (Wildman–Crippen LogP) is 2.53. The summed E-state index contributed by atoms with van der Waals surface area (Å²) in [6, 6.07) is 20.7. The van der Waals surface area contributed by atoms with Crippen LogP contribution in [0.1, 0.15) is 24.2 Å². The first-order valence-electron chi connectivity index (χ1n) is 6.06. The van der Waals surface area contributed by atoms with Crippen LogP contribution in [0, 0.1) is 0 Å². The molecule has 2 aromatic carbocycles. The molecule has 0 aliphatic heterocycles. The van der Waals surface area contributed by atoms with Gasteiger partial charge in [0.2, 0.25) is 0 Å². The van der Waals surface area contributed by atoms with E-state index in [1.54, 1.807) is 0 Å².